The second kappa shape index (κ2) is 11.9. The second-order valence-corrected chi connectivity index (χ2v) is 5.49. The predicted molar refractivity (Wildman–Crippen MR) is 92.5 cm³/mol. The maximum absolute atomic E-state index is 11.5. The summed E-state index contributed by atoms with van der Waals surface area (Å²) in [4.78, 5) is 11.5. The molecule has 0 aliphatic rings. The van der Waals surface area contributed by atoms with Crippen molar-refractivity contribution in [3.8, 4) is 5.75 Å². The predicted octanol–water partition coefficient (Wildman–Crippen LogP) is 3.97. The van der Waals surface area contributed by atoms with Crippen LogP contribution in [-0.4, -0.2) is 25.6 Å². The van der Waals surface area contributed by atoms with Crippen LogP contribution in [0.2, 0.25) is 0 Å². The molecule has 0 bridgehead atoms. The Labute approximate surface area is 134 Å². The zero-order valence-corrected chi connectivity index (χ0v) is 14.0. The van der Waals surface area contributed by atoms with Gasteiger partial charge >= 0.3 is 0 Å². The maximum atomic E-state index is 11.5. The van der Waals surface area contributed by atoms with Crippen LogP contribution in [-0.2, 0) is 4.79 Å². The summed E-state index contributed by atoms with van der Waals surface area (Å²) < 4.78 is 5.71. The molecule has 0 aromatic heterocycles. The number of anilines is 1. The molecule has 1 rings (SSSR count). The van der Waals surface area contributed by atoms with Gasteiger partial charge in [0.1, 0.15) is 5.75 Å². The minimum absolute atomic E-state index is 0.0225. The fourth-order valence-corrected chi connectivity index (χ4v) is 2.07. The van der Waals surface area contributed by atoms with Gasteiger partial charge in [-0.2, -0.15) is 0 Å². The Kier molecular flexibility index (Phi) is 9.92. The molecule has 0 aliphatic heterocycles. The standard InChI is InChI=1S/C18H30N2O2/c1-3-5-6-7-8-14-22-17-11-9-16(10-12-17)20-15-18(21)19-13-4-2/h9-12,20H,3-8,13-15H2,1-2H3,(H,19,21). The molecule has 2 N–H and O–H groups in total. The number of carbonyl (C=O) groups excluding carboxylic acids is 1. The maximum Gasteiger partial charge on any atom is 0.239 e. The van der Waals surface area contributed by atoms with E-state index < -0.39 is 0 Å². The van der Waals surface area contributed by atoms with E-state index in [2.05, 4.69) is 17.6 Å². The average Bonchev–Trinajstić information content (AvgIpc) is 2.55. The number of ether oxygens (including phenoxy) is 1. The van der Waals surface area contributed by atoms with Gasteiger partial charge in [0, 0.05) is 12.2 Å². The van der Waals surface area contributed by atoms with Gasteiger partial charge in [0.25, 0.3) is 0 Å². The van der Waals surface area contributed by atoms with Crippen LogP contribution in [0.15, 0.2) is 24.3 Å². The molecule has 0 aliphatic carbocycles. The fourth-order valence-electron chi connectivity index (χ4n) is 2.07. The van der Waals surface area contributed by atoms with Crippen LogP contribution in [0.5, 0.6) is 5.75 Å². The lowest BCUT2D eigenvalue weighted by molar-refractivity contribution is -0.119. The first-order valence-electron chi connectivity index (χ1n) is 8.49. The third-order valence-corrected chi connectivity index (χ3v) is 3.40. The van der Waals surface area contributed by atoms with E-state index in [0.717, 1.165) is 37.4 Å². The molecule has 124 valence electrons. The van der Waals surface area contributed by atoms with E-state index in [1.807, 2.05) is 31.2 Å². The number of unbranched alkanes of at least 4 members (excludes halogenated alkanes) is 4. The minimum Gasteiger partial charge on any atom is -0.494 e. The second-order valence-electron chi connectivity index (χ2n) is 5.49. The summed E-state index contributed by atoms with van der Waals surface area (Å²) in [5.74, 6) is 0.908. The highest BCUT2D eigenvalue weighted by Crippen LogP contribution is 2.16. The highest BCUT2D eigenvalue weighted by atomic mass is 16.5. The van der Waals surface area contributed by atoms with Crippen molar-refractivity contribution in [2.24, 2.45) is 0 Å². The van der Waals surface area contributed by atoms with Gasteiger partial charge in [-0.3, -0.25) is 4.79 Å². The van der Waals surface area contributed by atoms with Crippen molar-refractivity contribution in [3.63, 3.8) is 0 Å². The largest absolute Gasteiger partial charge is 0.494 e. The summed E-state index contributed by atoms with van der Waals surface area (Å²) in [6.07, 6.45) is 7.18. The summed E-state index contributed by atoms with van der Waals surface area (Å²) in [6.45, 7) is 6.06. The molecule has 1 aromatic rings. The topological polar surface area (TPSA) is 50.4 Å². The van der Waals surface area contributed by atoms with Crippen LogP contribution in [0.3, 0.4) is 0 Å². The minimum atomic E-state index is 0.0225. The van der Waals surface area contributed by atoms with E-state index in [0.29, 0.717) is 6.54 Å². The van der Waals surface area contributed by atoms with E-state index in [-0.39, 0.29) is 5.91 Å². The first-order chi connectivity index (χ1) is 10.8. The molecule has 0 atom stereocenters. The Morgan fingerprint density at radius 3 is 2.41 bits per heavy atom. The number of hydrogen-bond acceptors (Lipinski definition) is 3. The Balaban J connectivity index is 2.18. The monoisotopic (exact) mass is 306 g/mol. The van der Waals surface area contributed by atoms with Crippen LogP contribution >= 0.6 is 0 Å². The molecule has 1 amide bonds. The van der Waals surface area contributed by atoms with Crippen molar-refractivity contribution in [3.05, 3.63) is 24.3 Å². The molecule has 0 radical (unpaired) electrons. The van der Waals surface area contributed by atoms with Gasteiger partial charge in [0.05, 0.1) is 13.2 Å². The van der Waals surface area contributed by atoms with Gasteiger partial charge in [-0.05, 0) is 37.1 Å². The van der Waals surface area contributed by atoms with Crippen LogP contribution in [0.25, 0.3) is 0 Å². The summed E-state index contributed by atoms with van der Waals surface area (Å²) in [6, 6.07) is 7.77. The highest BCUT2D eigenvalue weighted by Gasteiger charge is 2.00. The first kappa shape index (κ1) is 18.3. The summed E-state index contributed by atoms with van der Waals surface area (Å²) in [7, 11) is 0. The summed E-state index contributed by atoms with van der Waals surface area (Å²) >= 11 is 0. The SMILES string of the molecule is CCCCCCCOc1ccc(NCC(=O)NCCC)cc1. The molecular weight excluding hydrogens is 276 g/mol. The van der Waals surface area contributed by atoms with Crippen molar-refractivity contribution in [2.75, 3.05) is 25.0 Å². The van der Waals surface area contributed by atoms with Crippen LogP contribution in [0.4, 0.5) is 5.69 Å². The summed E-state index contributed by atoms with van der Waals surface area (Å²) in [5.41, 5.74) is 0.932. The Hall–Kier alpha value is -1.71. The zero-order valence-electron chi connectivity index (χ0n) is 14.0. The number of rotatable bonds is 12. The molecule has 0 saturated heterocycles. The van der Waals surface area contributed by atoms with E-state index in [4.69, 9.17) is 4.74 Å². The Morgan fingerprint density at radius 1 is 1.00 bits per heavy atom. The van der Waals surface area contributed by atoms with Gasteiger partial charge < -0.3 is 15.4 Å². The number of nitrogens with one attached hydrogen (secondary N) is 2. The average molecular weight is 306 g/mol. The first-order valence-corrected chi connectivity index (χ1v) is 8.49. The quantitative estimate of drug-likeness (QED) is 0.574. The molecule has 4 nitrogen and oxygen atoms in total. The number of hydrogen-bond donors (Lipinski definition) is 2. The molecule has 4 heteroatoms. The summed E-state index contributed by atoms with van der Waals surface area (Å²) in [5, 5.41) is 5.94. The number of amides is 1. The molecular formula is C18H30N2O2. The van der Waals surface area contributed by atoms with Gasteiger partial charge in [-0.1, -0.05) is 39.5 Å². The van der Waals surface area contributed by atoms with E-state index in [9.17, 15) is 4.79 Å². The van der Waals surface area contributed by atoms with Gasteiger partial charge in [0.2, 0.25) is 5.91 Å². The van der Waals surface area contributed by atoms with Gasteiger partial charge in [0.15, 0.2) is 0 Å². The third kappa shape index (κ3) is 8.55. The van der Waals surface area contributed by atoms with Crippen LogP contribution < -0.4 is 15.4 Å². The molecule has 0 unspecified atom stereocenters. The Bertz CT molecular complexity index is 404. The van der Waals surface area contributed by atoms with E-state index in [1.54, 1.807) is 0 Å². The lowest BCUT2D eigenvalue weighted by Gasteiger charge is -2.09. The van der Waals surface area contributed by atoms with Crippen molar-refractivity contribution in [1.82, 2.24) is 5.32 Å². The third-order valence-electron chi connectivity index (χ3n) is 3.40. The van der Waals surface area contributed by atoms with E-state index in [1.165, 1.54) is 25.7 Å². The van der Waals surface area contributed by atoms with Crippen molar-refractivity contribution < 1.29 is 9.53 Å². The molecule has 0 fully saturated rings. The normalized spacial score (nSPS) is 10.3. The zero-order chi connectivity index (χ0) is 16.0. The van der Waals surface area contributed by atoms with Gasteiger partial charge in [-0.25, -0.2) is 0 Å². The fraction of sp³-hybridized carbons (Fsp3) is 0.611. The number of benzene rings is 1. The highest BCUT2D eigenvalue weighted by molar-refractivity contribution is 5.80. The molecule has 0 heterocycles. The smallest absolute Gasteiger partial charge is 0.239 e. The molecule has 1 aromatic carbocycles. The van der Waals surface area contributed by atoms with Gasteiger partial charge in [-0.15, -0.1) is 0 Å². The lowest BCUT2D eigenvalue weighted by Crippen LogP contribution is -2.30. The van der Waals surface area contributed by atoms with Crippen molar-refractivity contribution in [1.29, 1.82) is 0 Å². The van der Waals surface area contributed by atoms with E-state index >= 15 is 0 Å². The molecule has 0 saturated carbocycles. The van der Waals surface area contributed by atoms with Crippen LogP contribution in [0, 0.1) is 0 Å². The van der Waals surface area contributed by atoms with Crippen LogP contribution in [0.1, 0.15) is 52.4 Å². The van der Waals surface area contributed by atoms with Crippen molar-refractivity contribution in [2.45, 2.75) is 52.4 Å². The molecule has 22 heavy (non-hydrogen) atoms. The molecule has 0 spiro atoms. The Morgan fingerprint density at radius 2 is 1.73 bits per heavy atom. The number of carbonyl (C=O) groups is 1. The van der Waals surface area contributed by atoms with Crippen molar-refractivity contribution >= 4 is 11.6 Å². The lowest BCUT2D eigenvalue weighted by atomic mass is 10.2.